The Kier molecular flexibility index (Phi) is 4.07. The van der Waals surface area contributed by atoms with Gasteiger partial charge < -0.3 is 10.1 Å². The van der Waals surface area contributed by atoms with Crippen LogP contribution < -0.4 is 5.32 Å². The van der Waals surface area contributed by atoms with Gasteiger partial charge in [0.25, 0.3) is 0 Å². The fraction of sp³-hybridized carbons (Fsp3) is 0.923. The number of nitrogens with one attached hydrogen (secondary N) is 1. The molecule has 1 fully saturated rings. The van der Waals surface area contributed by atoms with Crippen LogP contribution in [-0.4, -0.2) is 41.8 Å². The summed E-state index contributed by atoms with van der Waals surface area (Å²) in [7, 11) is 0. The zero-order chi connectivity index (χ0) is 13.3. The molecule has 17 heavy (non-hydrogen) atoms. The fourth-order valence-electron chi connectivity index (χ4n) is 1.84. The molecule has 1 aliphatic rings. The summed E-state index contributed by atoms with van der Waals surface area (Å²) in [6.45, 7) is 14.4. The number of amides is 1. The normalized spacial score (nSPS) is 22.6. The van der Waals surface area contributed by atoms with E-state index in [2.05, 4.69) is 33.0 Å². The van der Waals surface area contributed by atoms with Crippen molar-refractivity contribution in [1.29, 1.82) is 0 Å². The lowest BCUT2D eigenvalue weighted by atomic mass is 9.92. The van der Waals surface area contributed by atoms with Crippen LogP contribution >= 0.6 is 0 Å². The largest absolute Gasteiger partial charge is 0.449 e. The van der Waals surface area contributed by atoms with Crippen molar-refractivity contribution in [3.63, 3.8) is 0 Å². The molecule has 1 N–H and O–H groups in total. The van der Waals surface area contributed by atoms with Gasteiger partial charge in [-0.2, -0.15) is 0 Å². The van der Waals surface area contributed by atoms with E-state index in [1.807, 2.05) is 18.7 Å². The van der Waals surface area contributed by atoms with Gasteiger partial charge in [0.15, 0.2) is 0 Å². The molecule has 1 aliphatic heterocycles. The molecule has 0 aliphatic carbocycles. The minimum Gasteiger partial charge on any atom is -0.449 e. The maximum atomic E-state index is 12.1. The van der Waals surface area contributed by atoms with Gasteiger partial charge in [0, 0.05) is 18.6 Å². The van der Waals surface area contributed by atoms with Crippen LogP contribution in [-0.2, 0) is 4.74 Å². The molecule has 0 aromatic heterocycles. The summed E-state index contributed by atoms with van der Waals surface area (Å²) in [5, 5.41) is 3.45. The number of ether oxygens (including phenoxy) is 1. The minimum atomic E-state index is -0.196. The van der Waals surface area contributed by atoms with Crippen LogP contribution in [0.15, 0.2) is 0 Å². The predicted octanol–water partition coefficient (Wildman–Crippen LogP) is 2.24. The molecule has 4 heteroatoms. The molecule has 0 saturated carbocycles. The molecule has 0 atom stereocenters. The van der Waals surface area contributed by atoms with Gasteiger partial charge in [-0.05, 0) is 33.6 Å². The molecule has 0 bridgehead atoms. The summed E-state index contributed by atoms with van der Waals surface area (Å²) in [6.07, 6.45) is -0.196. The van der Waals surface area contributed by atoms with Gasteiger partial charge in [0.05, 0.1) is 12.1 Å². The number of carbonyl (C=O) groups excluding carboxylic acids is 1. The number of hydrogen-bond donors (Lipinski definition) is 1. The standard InChI is InChI=1S/C13H26N2O2/c1-10(2)7-17-11(16)15-9-12(3,4)14-8-13(15,5)6/h10,14H,7-9H2,1-6H3. The molecule has 4 nitrogen and oxygen atoms in total. The first-order valence-corrected chi connectivity index (χ1v) is 6.33. The average Bonchev–Trinajstić information content (AvgIpc) is 2.19. The van der Waals surface area contributed by atoms with Crippen LogP contribution in [0.25, 0.3) is 0 Å². The Morgan fingerprint density at radius 1 is 1.35 bits per heavy atom. The maximum absolute atomic E-state index is 12.1. The van der Waals surface area contributed by atoms with Crippen LogP contribution in [0, 0.1) is 5.92 Å². The van der Waals surface area contributed by atoms with E-state index in [-0.39, 0.29) is 17.2 Å². The van der Waals surface area contributed by atoms with Crippen LogP contribution in [0.4, 0.5) is 4.79 Å². The summed E-state index contributed by atoms with van der Waals surface area (Å²) in [5.74, 6) is 0.373. The molecule has 0 spiro atoms. The molecule has 0 aromatic carbocycles. The summed E-state index contributed by atoms with van der Waals surface area (Å²) in [5.41, 5.74) is -0.240. The van der Waals surface area contributed by atoms with Gasteiger partial charge in [-0.1, -0.05) is 13.8 Å². The van der Waals surface area contributed by atoms with E-state index in [1.54, 1.807) is 0 Å². The molecular weight excluding hydrogens is 216 g/mol. The molecular formula is C13H26N2O2. The Morgan fingerprint density at radius 2 is 1.94 bits per heavy atom. The molecule has 1 amide bonds. The van der Waals surface area contributed by atoms with Gasteiger partial charge in [-0.25, -0.2) is 4.79 Å². The molecule has 1 heterocycles. The second kappa shape index (κ2) is 4.84. The average molecular weight is 242 g/mol. The van der Waals surface area contributed by atoms with Crippen LogP contribution in [0.3, 0.4) is 0 Å². The van der Waals surface area contributed by atoms with Crippen LogP contribution in [0.2, 0.25) is 0 Å². The fourth-order valence-corrected chi connectivity index (χ4v) is 1.84. The van der Waals surface area contributed by atoms with Crippen molar-refractivity contribution in [2.45, 2.75) is 52.6 Å². The minimum absolute atomic E-state index is 0.0492. The van der Waals surface area contributed by atoms with Crippen LogP contribution in [0.5, 0.6) is 0 Å². The Morgan fingerprint density at radius 3 is 2.47 bits per heavy atom. The van der Waals surface area contributed by atoms with Gasteiger partial charge in [0.2, 0.25) is 0 Å². The van der Waals surface area contributed by atoms with Gasteiger partial charge >= 0.3 is 6.09 Å². The second-order valence-electron chi connectivity index (χ2n) is 6.61. The number of hydrogen-bond acceptors (Lipinski definition) is 3. The molecule has 1 saturated heterocycles. The van der Waals surface area contributed by atoms with Crippen molar-refractivity contribution in [3.8, 4) is 0 Å². The lowest BCUT2D eigenvalue weighted by Crippen LogP contribution is -2.67. The Bertz CT molecular complexity index is 285. The third kappa shape index (κ3) is 3.87. The summed E-state index contributed by atoms with van der Waals surface area (Å²) in [4.78, 5) is 13.9. The van der Waals surface area contributed by atoms with Crippen molar-refractivity contribution in [1.82, 2.24) is 10.2 Å². The molecule has 1 rings (SSSR count). The van der Waals surface area contributed by atoms with Crippen LogP contribution in [0.1, 0.15) is 41.5 Å². The van der Waals surface area contributed by atoms with Crippen molar-refractivity contribution < 1.29 is 9.53 Å². The topological polar surface area (TPSA) is 41.6 Å². The van der Waals surface area contributed by atoms with E-state index < -0.39 is 0 Å². The van der Waals surface area contributed by atoms with Crippen molar-refractivity contribution in [3.05, 3.63) is 0 Å². The van der Waals surface area contributed by atoms with E-state index in [4.69, 9.17) is 4.74 Å². The second-order valence-corrected chi connectivity index (χ2v) is 6.61. The monoisotopic (exact) mass is 242 g/mol. The third-order valence-corrected chi connectivity index (χ3v) is 3.04. The highest BCUT2D eigenvalue weighted by molar-refractivity contribution is 5.69. The maximum Gasteiger partial charge on any atom is 0.410 e. The van der Waals surface area contributed by atoms with Gasteiger partial charge in [-0.3, -0.25) is 4.90 Å². The van der Waals surface area contributed by atoms with E-state index in [9.17, 15) is 4.79 Å². The highest BCUT2D eigenvalue weighted by atomic mass is 16.6. The summed E-state index contributed by atoms with van der Waals surface area (Å²) in [6, 6.07) is 0. The summed E-state index contributed by atoms with van der Waals surface area (Å²) < 4.78 is 5.33. The molecule has 100 valence electrons. The smallest absolute Gasteiger partial charge is 0.410 e. The van der Waals surface area contributed by atoms with Crippen molar-refractivity contribution >= 4 is 6.09 Å². The number of rotatable bonds is 2. The van der Waals surface area contributed by atoms with Gasteiger partial charge in [-0.15, -0.1) is 0 Å². The van der Waals surface area contributed by atoms with E-state index >= 15 is 0 Å². The molecule has 0 unspecified atom stereocenters. The predicted molar refractivity (Wildman–Crippen MR) is 69.1 cm³/mol. The first-order valence-electron chi connectivity index (χ1n) is 6.33. The van der Waals surface area contributed by atoms with E-state index in [0.29, 0.717) is 19.1 Å². The Hall–Kier alpha value is -0.770. The third-order valence-electron chi connectivity index (χ3n) is 3.04. The highest BCUT2D eigenvalue weighted by Gasteiger charge is 2.41. The number of carbonyl (C=O) groups is 1. The van der Waals surface area contributed by atoms with E-state index in [0.717, 1.165) is 6.54 Å². The zero-order valence-corrected chi connectivity index (χ0v) is 12.0. The first-order chi connectivity index (χ1) is 7.64. The highest BCUT2D eigenvalue weighted by Crippen LogP contribution is 2.24. The lowest BCUT2D eigenvalue weighted by molar-refractivity contribution is 0.0187. The summed E-state index contributed by atoms with van der Waals surface area (Å²) >= 11 is 0. The SMILES string of the molecule is CC(C)COC(=O)N1CC(C)(C)NCC1(C)C. The molecule has 0 radical (unpaired) electrons. The molecule has 0 aromatic rings. The quantitative estimate of drug-likeness (QED) is 0.807. The first kappa shape index (κ1) is 14.3. The van der Waals surface area contributed by atoms with Gasteiger partial charge in [0.1, 0.15) is 0 Å². The number of nitrogens with zero attached hydrogens (tertiary/aromatic N) is 1. The van der Waals surface area contributed by atoms with E-state index in [1.165, 1.54) is 0 Å². The lowest BCUT2D eigenvalue weighted by Gasteiger charge is -2.48. The Balaban J connectivity index is 2.67. The Labute approximate surface area is 105 Å². The van der Waals surface area contributed by atoms with Crippen molar-refractivity contribution in [2.24, 2.45) is 5.92 Å². The zero-order valence-electron chi connectivity index (χ0n) is 12.0. The van der Waals surface area contributed by atoms with Crippen molar-refractivity contribution in [2.75, 3.05) is 19.7 Å². The number of piperazine rings is 1.